The maximum atomic E-state index is 4.94. The summed E-state index contributed by atoms with van der Waals surface area (Å²) in [5.41, 5.74) is 8.94. The number of anilines is 1. The minimum absolute atomic E-state index is 0.761. The van der Waals surface area contributed by atoms with E-state index in [4.69, 9.17) is 4.98 Å². The van der Waals surface area contributed by atoms with Crippen LogP contribution in [0.5, 0.6) is 0 Å². The lowest BCUT2D eigenvalue weighted by atomic mass is 10.1. The maximum Gasteiger partial charge on any atom is 0.135 e. The van der Waals surface area contributed by atoms with Gasteiger partial charge in [0, 0.05) is 60.9 Å². The quantitative estimate of drug-likeness (QED) is 0.419. The number of fused-ring (bicyclic) bond motifs is 2. The first kappa shape index (κ1) is 19.1. The molecule has 0 unspecified atom stereocenters. The predicted molar refractivity (Wildman–Crippen MR) is 130 cm³/mol. The predicted octanol–water partition coefficient (Wildman–Crippen LogP) is 4.69. The molecule has 2 N–H and O–H groups in total. The van der Waals surface area contributed by atoms with Crippen molar-refractivity contribution in [1.29, 1.82) is 0 Å². The summed E-state index contributed by atoms with van der Waals surface area (Å²) in [6.45, 7) is 0. The number of aromatic amines is 2. The van der Waals surface area contributed by atoms with Crippen molar-refractivity contribution in [2.45, 2.75) is 0 Å². The van der Waals surface area contributed by atoms with E-state index in [-0.39, 0.29) is 0 Å². The van der Waals surface area contributed by atoms with Gasteiger partial charge in [-0.15, -0.1) is 0 Å². The molecule has 0 radical (unpaired) electrons. The fourth-order valence-corrected chi connectivity index (χ4v) is 3.97. The Morgan fingerprint density at radius 2 is 1.73 bits per heavy atom. The van der Waals surface area contributed by atoms with Crippen molar-refractivity contribution in [3.63, 3.8) is 0 Å². The van der Waals surface area contributed by atoms with Gasteiger partial charge < -0.3 is 9.88 Å². The molecule has 0 saturated carbocycles. The Labute approximate surface area is 189 Å². The molecule has 0 amide bonds. The monoisotopic (exact) mass is 432 g/mol. The fourth-order valence-electron chi connectivity index (χ4n) is 3.97. The Bertz CT molecular complexity index is 1600. The lowest BCUT2D eigenvalue weighted by Gasteiger charge is -2.12. The van der Waals surface area contributed by atoms with E-state index in [1.54, 1.807) is 12.4 Å². The van der Waals surface area contributed by atoms with Crippen LogP contribution in [0, 0.1) is 0 Å². The van der Waals surface area contributed by atoms with E-state index in [9.17, 15) is 0 Å². The highest BCUT2D eigenvalue weighted by Crippen LogP contribution is 2.33. The number of hydrogen-bond donors (Lipinski definition) is 2. The number of rotatable bonds is 4. The van der Waals surface area contributed by atoms with E-state index in [2.05, 4.69) is 42.3 Å². The van der Waals surface area contributed by atoms with Gasteiger partial charge in [0.2, 0.25) is 0 Å². The van der Waals surface area contributed by atoms with Gasteiger partial charge in [0.05, 0.1) is 34.5 Å². The molecule has 0 saturated heterocycles. The zero-order chi connectivity index (χ0) is 22.4. The third kappa shape index (κ3) is 3.28. The van der Waals surface area contributed by atoms with Crippen LogP contribution in [0.25, 0.3) is 55.8 Å². The van der Waals surface area contributed by atoms with Crippen LogP contribution in [0.1, 0.15) is 0 Å². The summed E-state index contributed by atoms with van der Waals surface area (Å²) < 4.78 is 0. The second kappa shape index (κ2) is 7.52. The smallest absolute Gasteiger partial charge is 0.135 e. The molecule has 8 heteroatoms. The average molecular weight is 432 g/mol. The first-order valence-corrected chi connectivity index (χ1v) is 10.5. The standard InChI is InChI=1S/C25H20N8/c1-33(2)17-10-16(13-27-14-17)19-5-6-21-24(30-19)25(32-31-21)22-11-18-20(29-22)7-9-28-23(18)15-4-3-8-26-12-15/h3-14,29H,1-2H3,(H,31,32). The fraction of sp³-hybridized carbons (Fsp3) is 0.0800. The van der Waals surface area contributed by atoms with Crippen molar-refractivity contribution in [1.82, 2.24) is 35.1 Å². The molecular weight excluding hydrogens is 412 g/mol. The van der Waals surface area contributed by atoms with Gasteiger partial charge in [0.1, 0.15) is 11.2 Å². The van der Waals surface area contributed by atoms with Crippen LogP contribution in [0.4, 0.5) is 5.69 Å². The number of pyridine rings is 4. The molecule has 0 aliphatic carbocycles. The van der Waals surface area contributed by atoms with Crippen molar-refractivity contribution in [2.75, 3.05) is 19.0 Å². The van der Waals surface area contributed by atoms with Crippen LogP contribution < -0.4 is 4.90 Å². The molecule has 0 spiro atoms. The van der Waals surface area contributed by atoms with Gasteiger partial charge in [0.15, 0.2) is 0 Å². The molecule has 0 aromatic carbocycles. The molecular formula is C25H20N8. The molecule has 0 atom stereocenters. The van der Waals surface area contributed by atoms with E-state index in [1.165, 1.54) is 0 Å². The van der Waals surface area contributed by atoms with Crippen molar-refractivity contribution in [2.24, 2.45) is 0 Å². The van der Waals surface area contributed by atoms with E-state index >= 15 is 0 Å². The summed E-state index contributed by atoms with van der Waals surface area (Å²) in [6, 6.07) is 14.0. The highest BCUT2D eigenvalue weighted by Gasteiger charge is 2.16. The molecule has 6 heterocycles. The van der Waals surface area contributed by atoms with Crippen LogP contribution in [0.2, 0.25) is 0 Å². The van der Waals surface area contributed by atoms with Crippen LogP contribution >= 0.6 is 0 Å². The topological polar surface area (TPSA) is 99.3 Å². The van der Waals surface area contributed by atoms with Crippen molar-refractivity contribution in [3.8, 4) is 33.9 Å². The molecule has 6 rings (SSSR count). The van der Waals surface area contributed by atoms with Crippen LogP contribution in [-0.4, -0.2) is 49.2 Å². The number of nitrogens with one attached hydrogen (secondary N) is 2. The summed E-state index contributed by atoms with van der Waals surface area (Å²) in [7, 11) is 3.99. The molecule has 160 valence electrons. The van der Waals surface area contributed by atoms with E-state index in [0.29, 0.717) is 0 Å². The maximum absolute atomic E-state index is 4.94. The third-order valence-electron chi connectivity index (χ3n) is 5.68. The SMILES string of the molecule is CN(C)c1cncc(-c2ccc3[nH]nc(-c4cc5c(-c6cccnc6)nccc5[nH]4)c3n2)c1. The molecule has 0 aliphatic rings. The molecule has 33 heavy (non-hydrogen) atoms. The Morgan fingerprint density at radius 3 is 2.58 bits per heavy atom. The van der Waals surface area contributed by atoms with E-state index < -0.39 is 0 Å². The van der Waals surface area contributed by atoms with E-state index in [0.717, 1.165) is 61.5 Å². The van der Waals surface area contributed by atoms with Gasteiger partial charge in [-0.1, -0.05) is 0 Å². The van der Waals surface area contributed by atoms with Gasteiger partial charge in [-0.2, -0.15) is 5.10 Å². The molecule has 0 aliphatic heterocycles. The van der Waals surface area contributed by atoms with Crippen molar-refractivity contribution in [3.05, 3.63) is 73.4 Å². The lowest BCUT2D eigenvalue weighted by molar-refractivity contribution is 1.11. The Balaban J connectivity index is 1.48. The Hall–Kier alpha value is -4.59. The van der Waals surface area contributed by atoms with E-state index in [1.807, 2.05) is 67.9 Å². The highest BCUT2D eigenvalue weighted by atomic mass is 15.1. The number of nitrogens with zero attached hydrogens (tertiary/aromatic N) is 6. The highest BCUT2D eigenvalue weighted by molar-refractivity contribution is 5.99. The normalized spacial score (nSPS) is 11.3. The summed E-state index contributed by atoms with van der Waals surface area (Å²) >= 11 is 0. The number of hydrogen-bond acceptors (Lipinski definition) is 6. The summed E-state index contributed by atoms with van der Waals surface area (Å²) in [5, 5.41) is 8.68. The lowest BCUT2D eigenvalue weighted by Crippen LogP contribution is -2.08. The average Bonchev–Trinajstić information content (AvgIpc) is 3.48. The molecule has 6 aromatic rings. The minimum Gasteiger partial charge on any atom is -0.376 e. The third-order valence-corrected chi connectivity index (χ3v) is 5.68. The summed E-state index contributed by atoms with van der Waals surface area (Å²) in [4.78, 5) is 23.6. The molecule has 0 bridgehead atoms. The Kier molecular flexibility index (Phi) is 4.36. The van der Waals surface area contributed by atoms with Crippen LogP contribution in [0.15, 0.2) is 73.4 Å². The zero-order valence-corrected chi connectivity index (χ0v) is 18.1. The number of H-pyrrole nitrogens is 2. The van der Waals surface area contributed by atoms with Gasteiger partial charge in [-0.05, 0) is 42.5 Å². The molecule has 8 nitrogen and oxygen atoms in total. The van der Waals surface area contributed by atoms with Crippen LogP contribution in [0.3, 0.4) is 0 Å². The zero-order valence-electron chi connectivity index (χ0n) is 18.1. The Morgan fingerprint density at radius 1 is 0.818 bits per heavy atom. The largest absolute Gasteiger partial charge is 0.376 e. The first-order valence-electron chi connectivity index (χ1n) is 10.5. The second-order valence-corrected chi connectivity index (χ2v) is 8.04. The van der Waals surface area contributed by atoms with Crippen molar-refractivity contribution < 1.29 is 0 Å². The van der Waals surface area contributed by atoms with Gasteiger partial charge in [0.25, 0.3) is 0 Å². The van der Waals surface area contributed by atoms with Crippen LogP contribution in [-0.2, 0) is 0 Å². The van der Waals surface area contributed by atoms with Crippen molar-refractivity contribution >= 4 is 27.6 Å². The van der Waals surface area contributed by atoms with Gasteiger partial charge >= 0.3 is 0 Å². The van der Waals surface area contributed by atoms with Gasteiger partial charge in [-0.3, -0.25) is 20.1 Å². The number of aromatic nitrogens is 7. The second-order valence-electron chi connectivity index (χ2n) is 8.04. The summed E-state index contributed by atoms with van der Waals surface area (Å²) in [6.07, 6.45) is 9.05. The summed E-state index contributed by atoms with van der Waals surface area (Å²) in [5.74, 6) is 0. The van der Waals surface area contributed by atoms with Gasteiger partial charge in [-0.25, -0.2) is 4.98 Å². The molecule has 6 aromatic heterocycles. The first-order chi connectivity index (χ1) is 16.2. The molecule has 0 fully saturated rings. The minimum atomic E-state index is 0.761.